The molecule has 2 N–H and O–H groups in total. The van der Waals surface area contributed by atoms with E-state index in [1.165, 1.54) is 4.90 Å². The molecule has 0 saturated carbocycles. The topological polar surface area (TPSA) is 90.0 Å². The monoisotopic (exact) mass is 283 g/mol. The lowest BCUT2D eigenvalue weighted by Crippen LogP contribution is -2.60. The van der Waals surface area contributed by atoms with Crippen LogP contribution in [-0.2, 0) is 9.59 Å². The Labute approximate surface area is 117 Å². The molecule has 3 amide bonds. The fourth-order valence-corrected chi connectivity index (χ4v) is 2.78. The minimum absolute atomic E-state index is 0.220. The van der Waals surface area contributed by atoms with Gasteiger partial charge in [0.05, 0.1) is 6.42 Å². The molecule has 2 heterocycles. The van der Waals surface area contributed by atoms with Gasteiger partial charge in [-0.15, -0.1) is 0 Å². The first-order valence-corrected chi connectivity index (χ1v) is 6.95. The number of hydrogen-bond donors (Lipinski definition) is 2. The van der Waals surface area contributed by atoms with Crippen molar-refractivity contribution in [3.05, 3.63) is 0 Å². The van der Waals surface area contributed by atoms with Crippen LogP contribution in [0.4, 0.5) is 4.79 Å². The number of carbonyl (C=O) groups excluding carboxylic acids is 2. The van der Waals surface area contributed by atoms with E-state index in [1.807, 2.05) is 0 Å². The third-order valence-corrected chi connectivity index (χ3v) is 4.20. The van der Waals surface area contributed by atoms with Crippen LogP contribution in [0.25, 0.3) is 0 Å². The number of piperazine rings is 1. The summed E-state index contributed by atoms with van der Waals surface area (Å²) in [5, 5.41) is 11.5. The lowest BCUT2D eigenvalue weighted by atomic mass is 10.0. The maximum atomic E-state index is 12.5. The Hall–Kier alpha value is -1.79. The molecule has 112 valence electrons. The van der Waals surface area contributed by atoms with Crippen LogP contribution < -0.4 is 5.32 Å². The molecule has 0 spiro atoms. The maximum Gasteiger partial charge on any atom is 0.320 e. The Morgan fingerprint density at radius 2 is 1.90 bits per heavy atom. The number of carboxylic acid groups (broad SMARTS) is 1. The van der Waals surface area contributed by atoms with Crippen molar-refractivity contribution in [3.8, 4) is 0 Å². The molecule has 2 saturated heterocycles. The average Bonchev–Trinajstić information content (AvgIpc) is 2.71. The van der Waals surface area contributed by atoms with Crippen LogP contribution in [0, 0.1) is 11.8 Å². The number of amides is 3. The first-order chi connectivity index (χ1) is 9.40. The molecular weight excluding hydrogens is 262 g/mol. The molecule has 0 radical (unpaired) electrons. The van der Waals surface area contributed by atoms with E-state index in [-0.39, 0.29) is 18.4 Å². The summed E-state index contributed by atoms with van der Waals surface area (Å²) in [6.07, 6.45) is -0.351. The van der Waals surface area contributed by atoms with Gasteiger partial charge in [-0.2, -0.15) is 0 Å². The predicted octanol–water partition coefficient (Wildman–Crippen LogP) is -0.0307. The predicted molar refractivity (Wildman–Crippen MR) is 71.1 cm³/mol. The van der Waals surface area contributed by atoms with Crippen molar-refractivity contribution in [1.29, 1.82) is 0 Å². The fraction of sp³-hybridized carbons (Fsp3) is 0.769. The van der Waals surface area contributed by atoms with Gasteiger partial charge in [0.1, 0.15) is 6.04 Å². The van der Waals surface area contributed by atoms with Crippen LogP contribution in [0.2, 0.25) is 0 Å². The minimum Gasteiger partial charge on any atom is -0.481 e. The van der Waals surface area contributed by atoms with Crippen LogP contribution in [-0.4, -0.2) is 65.0 Å². The standard InChI is InChI=1S/C13H21N3O4/c1-8-6-15(7-9(8)2)13(20)16-4-3-14-12(19)10(16)5-11(17)18/h8-10H,3-7H2,1-2H3,(H,14,19)(H,17,18). The fourth-order valence-electron chi connectivity index (χ4n) is 2.78. The molecule has 3 atom stereocenters. The van der Waals surface area contributed by atoms with E-state index in [0.29, 0.717) is 38.0 Å². The highest BCUT2D eigenvalue weighted by Gasteiger charge is 2.39. The molecule has 2 aliphatic heterocycles. The van der Waals surface area contributed by atoms with Gasteiger partial charge in [0.15, 0.2) is 0 Å². The summed E-state index contributed by atoms with van der Waals surface area (Å²) < 4.78 is 0. The molecule has 0 aromatic heterocycles. The highest BCUT2D eigenvalue weighted by atomic mass is 16.4. The van der Waals surface area contributed by atoms with Crippen molar-refractivity contribution in [3.63, 3.8) is 0 Å². The highest BCUT2D eigenvalue weighted by Crippen LogP contribution is 2.24. The molecule has 2 aliphatic rings. The normalized spacial score (nSPS) is 30.3. The quantitative estimate of drug-likeness (QED) is 0.744. The van der Waals surface area contributed by atoms with Gasteiger partial charge in [-0.3, -0.25) is 9.59 Å². The summed E-state index contributed by atoms with van der Waals surface area (Å²) in [4.78, 5) is 38.3. The van der Waals surface area contributed by atoms with Gasteiger partial charge in [-0.05, 0) is 11.8 Å². The van der Waals surface area contributed by atoms with Crippen LogP contribution >= 0.6 is 0 Å². The number of aliphatic carboxylic acids is 1. The van der Waals surface area contributed by atoms with E-state index >= 15 is 0 Å². The lowest BCUT2D eigenvalue weighted by Gasteiger charge is -2.36. The molecule has 7 heteroatoms. The molecule has 3 unspecified atom stereocenters. The molecule has 7 nitrogen and oxygen atoms in total. The molecule has 0 aromatic carbocycles. The van der Waals surface area contributed by atoms with E-state index in [9.17, 15) is 14.4 Å². The van der Waals surface area contributed by atoms with Crippen molar-refractivity contribution < 1.29 is 19.5 Å². The van der Waals surface area contributed by atoms with Gasteiger partial charge < -0.3 is 20.2 Å². The average molecular weight is 283 g/mol. The number of urea groups is 1. The van der Waals surface area contributed by atoms with Crippen LogP contribution in [0.3, 0.4) is 0 Å². The maximum absolute atomic E-state index is 12.5. The Morgan fingerprint density at radius 3 is 2.45 bits per heavy atom. The first-order valence-electron chi connectivity index (χ1n) is 6.95. The Bertz CT molecular complexity index is 416. The molecular formula is C13H21N3O4. The van der Waals surface area contributed by atoms with Gasteiger partial charge in [0.2, 0.25) is 5.91 Å². The van der Waals surface area contributed by atoms with Crippen molar-refractivity contribution >= 4 is 17.9 Å². The van der Waals surface area contributed by atoms with E-state index in [2.05, 4.69) is 19.2 Å². The highest BCUT2D eigenvalue weighted by molar-refractivity contribution is 5.91. The van der Waals surface area contributed by atoms with Crippen LogP contribution in [0.5, 0.6) is 0 Å². The van der Waals surface area contributed by atoms with E-state index in [1.54, 1.807) is 4.90 Å². The van der Waals surface area contributed by atoms with Gasteiger partial charge in [0.25, 0.3) is 0 Å². The molecule has 0 bridgehead atoms. The Morgan fingerprint density at radius 1 is 1.30 bits per heavy atom. The van der Waals surface area contributed by atoms with E-state index < -0.39 is 12.0 Å². The zero-order chi connectivity index (χ0) is 14.9. The van der Waals surface area contributed by atoms with Crippen molar-refractivity contribution in [2.24, 2.45) is 11.8 Å². The summed E-state index contributed by atoms with van der Waals surface area (Å²) in [6, 6.07) is -1.12. The second kappa shape index (κ2) is 5.68. The number of hydrogen-bond acceptors (Lipinski definition) is 3. The van der Waals surface area contributed by atoms with Gasteiger partial charge >= 0.3 is 12.0 Å². The van der Waals surface area contributed by atoms with Crippen molar-refractivity contribution in [2.45, 2.75) is 26.3 Å². The number of nitrogens with one attached hydrogen (secondary N) is 1. The molecule has 2 rings (SSSR count). The number of rotatable bonds is 2. The zero-order valence-corrected chi connectivity index (χ0v) is 11.8. The number of likely N-dealkylation sites (tertiary alicyclic amines) is 1. The third kappa shape index (κ3) is 2.86. The molecule has 2 fully saturated rings. The SMILES string of the molecule is CC1CN(C(=O)N2CCNC(=O)C2CC(=O)O)CC1C. The van der Waals surface area contributed by atoms with Gasteiger partial charge in [-0.25, -0.2) is 4.79 Å². The lowest BCUT2D eigenvalue weighted by molar-refractivity contribution is -0.142. The van der Waals surface area contributed by atoms with Crippen molar-refractivity contribution in [1.82, 2.24) is 15.1 Å². The van der Waals surface area contributed by atoms with Gasteiger partial charge in [-0.1, -0.05) is 13.8 Å². The molecule has 20 heavy (non-hydrogen) atoms. The van der Waals surface area contributed by atoms with E-state index in [0.717, 1.165) is 0 Å². The number of nitrogens with zero attached hydrogens (tertiary/aromatic N) is 2. The molecule has 0 aliphatic carbocycles. The van der Waals surface area contributed by atoms with Crippen LogP contribution in [0.1, 0.15) is 20.3 Å². The second-order valence-corrected chi connectivity index (χ2v) is 5.74. The van der Waals surface area contributed by atoms with Gasteiger partial charge in [0, 0.05) is 26.2 Å². The Balaban J connectivity index is 2.09. The van der Waals surface area contributed by atoms with Crippen molar-refractivity contribution in [2.75, 3.05) is 26.2 Å². The largest absolute Gasteiger partial charge is 0.481 e. The second-order valence-electron chi connectivity index (χ2n) is 5.74. The Kier molecular flexibility index (Phi) is 4.15. The first kappa shape index (κ1) is 14.6. The summed E-state index contributed by atoms with van der Waals surface area (Å²) in [5.74, 6) is -0.605. The number of carboxylic acids is 1. The summed E-state index contributed by atoms with van der Waals surface area (Å²) in [5.41, 5.74) is 0. The molecule has 0 aromatic rings. The van der Waals surface area contributed by atoms with Crippen LogP contribution in [0.15, 0.2) is 0 Å². The smallest absolute Gasteiger partial charge is 0.320 e. The zero-order valence-electron chi connectivity index (χ0n) is 11.8. The van der Waals surface area contributed by atoms with E-state index in [4.69, 9.17) is 5.11 Å². The minimum atomic E-state index is -1.08. The number of carbonyl (C=O) groups is 3. The summed E-state index contributed by atoms with van der Waals surface area (Å²) in [6.45, 7) is 6.25. The summed E-state index contributed by atoms with van der Waals surface area (Å²) in [7, 11) is 0. The summed E-state index contributed by atoms with van der Waals surface area (Å²) >= 11 is 0. The third-order valence-electron chi connectivity index (χ3n) is 4.20.